The van der Waals surface area contributed by atoms with E-state index in [0.717, 1.165) is 14.2 Å². The summed E-state index contributed by atoms with van der Waals surface area (Å²) in [6.45, 7) is 2.04. The first kappa shape index (κ1) is 13.7. The fraction of sp³-hybridized carbons (Fsp3) is 0.231. The number of thiophene rings is 1. The van der Waals surface area contributed by atoms with Gasteiger partial charge in [0.25, 0.3) is 0 Å². The lowest BCUT2D eigenvalue weighted by Crippen LogP contribution is -2.28. The number of halogens is 2. The second kappa shape index (κ2) is 5.93. The average molecular weight is 329 g/mol. The molecule has 0 aliphatic heterocycles. The predicted octanol–water partition coefficient (Wildman–Crippen LogP) is 3.71. The van der Waals surface area contributed by atoms with E-state index in [1.165, 1.54) is 11.6 Å². The molecule has 0 aliphatic carbocycles. The molecule has 0 radical (unpaired) electrons. The van der Waals surface area contributed by atoms with E-state index in [9.17, 15) is 4.39 Å². The minimum absolute atomic E-state index is 0.00167. The van der Waals surface area contributed by atoms with Crippen LogP contribution >= 0.6 is 27.3 Å². The molecule has 0 saturated carbocycles. The Bertz CT molecular complexity index is 522. The number of hydrogen-bond donors (Lipinski definition) is 2. The fourth-order valence-electron chi connectivity index (χ4n) is 1.80. The molecule has 2 nitrogen and oxygen atoms in total. The van der Waals surface area contributed by atoms with Crippen molar-refractivity contribution in [3.8, 4) is 0 Å². The first-order valence-corrected chi connectivity index (χ1v) is 7.17. The van der Waals surface area contributed by atoms with Gasteiger partial charge in [-0.3, -0.25) is 11.3 Å². The minimum Gasteiger partial charge on any atom is -0.271 e. The molecule has 0 aliphatic rings. The molecule has 96 valence electrons. The summed E-state index contributed by atoms with van der Waals surface area (Å²) in [5, 5.41) is 0. The van der Waals surface area contributed by atoms with E-state index >= 15 is 0 Å². The second-order valence-electron chi connectivity index (χ2n) is 4.16. The lowest BCUT2D eigenvalue weighted by atomic mass is 10.0. The Morgan fingerprint density at radius 3 is 2.78 bits per heavy atom. The monoisotopic (exact) mass is 328 g/mol. The number of hydrazine groups is 1. The van der Waals surface area contributed by atoms with E-state index in [4.69, 9.17) is 5.84 Å². The van der Waals surface area contributed by atoms with E-state index in [2.05, 4.69) is 27.4 Å². The van der Waals surface area contributed by atoms with Gasteiger partial charge in [0.1, 0.15) is 5.82 Å². The van der Waals surface area contributed by atoms with Gasteiger partial charge in [-0.15, -0.1) is 11.3 Å². The largest absolute Gasteiger partial charge is 0.271 e. The van der Waals surface area contributed by atoms with Crippen LogP contribution in [0.25, 0.3) is 0 Å². The zero-order valence-electron chi connectivity index (χ0n) is 9.91. The van der Waals surface area contributed by atoms with Crippen molar-refractivity contribution < 1.29 is 4.39 Å². The summed E-state index contributed by atoms with van der Waals surface area (Å²) in [4.78, 5) is 1.14. The summed E-state index contributed by atoms with van der Waals surface area (Å²) in [6.07, 6.45) is 0.667. The number of rotatable bonds is 4. The third kappa shape index (κ3) is 3.17. The topological polar surface area (TPSA) is 38.0 Å². The molecule has 5 heteroatoms. The number of nitrogens with two attached hydrogens (primary N) is 1. The molecular formula is C13H14BrFN2S. The molecule has 2 rings (SSSR count). The molecule has 1 aromatic carbocycles. The maximum Gasteiger partial charge on any atom is 0.123 e. The van der Waals surface area contributed by atoms with Crippen molar-refractivity contribution >= 4 is 27.3 Å². The smallest absolute Gasteiger partial charge is 0.123 e. The highest BCUT2D eigenvalue weighted by Gasteiger charge is 2.14. The van der Waals surface area contributed by atoms with E-state index in [0.29, 0.717) is 6.42 Å². The van der Waals surface area contributed by atoms with Gasteiger partial charge < -0.3 is 0 Å². The molecule has 1 unspecified atom stereocenters. The van der Waals surface area contributed by atoms with Crippen LogP contribution in [0, 0.1) is 12.7 Å². The predicted molar refractivity (Wildman–Crippen MR) is 76.9 cm³/mol. The van der Waals surface area contributed by atoms with Crippen LogP contribution in [0.3, 0.4) is 0 Å². The Kier molecular flexibility index (Phi) is 4.50. The molecule has 2 aromatic rings. The Morgan fingerprint density at radius 2 is 2.22 bits per heavy atom. The molecule has 1 aromatic heterocycles. The summed E-state index contributed by atoms with van der Waals surface area (Å²) in [7, 11) is 0. The third-order valence-corrected chi connectivity index (χ3v) is 5.00. The number of benzene rings is 1. The van der Waals surface area contributed by atoms with Crippen LogP contribution in [0.5, 0.6) is 0 Å². The van der Waals surface area contributed by atoms with Gasteiger partial charge in [-0.1, -0.05) is 12.1 Å². The van der Waals surface area contributed by atoms with Gasteiger partial charge in [0.2, 0.25) is 0 Å². The van der Waals surface area contributed by atoms with Crippen molar-refractivity contribution in [1.29, 1.82) is 0 Å². The van der Waals surface area contributed by atoms with Crippen LogP contribution in [0.2, 0.25) is 0 Å². The van der Waals surface area contributed by atoms with Crippen molar-refractivity contribution in [2.24, 2.45) is 5.84 Å². The van der Waals surface area contributed by atoms with Crippen molar-refractivity contribution in [3.63, 3.8) is 0 Å². The van der Waals surface area contributed by atoms with Crippen molar-refractivity contribution in [2.45, 2.75) is 19.4 Å². The second-order valence-corrected chi connectivity index (χ2v) is 6.56. The third-order valence-electron chi connectivity index (χ3n) is 2.75. The van der Waals surface area contributed by atoms with E-state index in [1.54, 1.807) is 23.5 Å². The molecule has 0 spiro atoms. The van der Waals surface area contributed by atoms with Crippen LogP contribution in [0.1, 0.15) is 22.0 Å². The Hall–Kier alpha value is -0.750. The number of hydrogen-bond acceptors (Lipinski definition) is 3. The maximum absolute atomic E-state index is 13.1. The minimum atomic E-state index is -0.216. The maximum atomic E-state index is 13.1. The first-order chi connectivity index (χ1) is 8.60. The summed E-state index contributed by atoms with van der Waals surface area (Å²) >= 11 is 5.15. The first-order valence-electron chi connectivity index (χ1n) is 5.56. The van der Waals surface area contributed by atoms with Crippen LogP contribution in [-0.2, 0) is 6.42 Å². The zero-order chi connectivity index (χ0) is 13.1. The van der Waals surface area contributed by atoms with Crippen LogP contribution in [-0.4, -0.2) is 0 Å². The van der Waals surface area contributed by atoms with Gasteiger partial charge in [-0.05, 0) is 58.6 Å². The molecule has 0 saturated heterocycles. The molecule has 1 atom stereocenters. The van der Waals surface area contributed by atoms with E-state index in [1.807, 2.05) is 13.0 Å². The summed E-state index contributed by atoms with van der Waals surface area (Å²) < 4.78 is 14.2. The standard InChI is InChI=1S/C13H14BrFN2S/c1-8-5-12(18-13(8)14)11(17-16)7-9-3-2-4-10(15)6-9/h2-6,11,17H,7,16H2,1H3. The number of aryl methyl sites for hydroxylation is 1. The number of nitrogens with one attached hydrogen (secondary N) is 1. The average Bonchev–Trinajstić information content (AvgIpc) is 2.66. The van der Waals surface area contributed by atoms with E-state index < -0.39 is 0 Å². The van der Waals surface area contributed by atoms with Crippen LogP contribution in [0.15, 0.2) is 34.1 Å². The fourth-order valence-corrected chi connectivity index (χ4v) is 3.43. The molecule has 0 fully saturated rings. The Balaban J connectivity index is 2.19. The molecule has 0 bridgehead atoms. The van der Waals surface area contributed by atoms with Gasteiger partial charge >= 0.3 is 0 Å². The van der Waals surface area contributed by atoms with Gasteiger partial charge in [-0.25, -0.2) is 4.39 Å². The SMILES string of the molecule is Cc1cc(C(Cc2cccc(F)c2)NN)sc1Br. The molecule has 0 amide bonds. The van der Waals surface area contributed by atoms with Gasteiger partial charge in [0.05, 0.1) is 9.83 Å². The molecule has 1 heterocycles. The van der Waals surface area contributed by atoms with Crippen molar-refractivity contribution in [1.82, 2.24) is 5.43 Å². The Morgan fingerprint density at radius 1 is 1.44 bits per heavy atom. The molecule has 18 heavy (non-hydrogen) atoms. The highest BCUT2D eigenvalue weighted by molar-refractivity contribution is 9.11. The highest BCUT2D eigenvalue weighted by atomic mass is 79.9. The summed E-state index contributed by atoms with van der Waals surface area (Å²) in [6, 6.07) is 8.71. The molecule has 3 N–H and O–H groups in total. The van der Waals surface area contributed by atoms with Gasteiger partial charge in [-0.2, -0.15) is 0 Å². The quantitative estimate of drug-likeness (QED) is 0.663. The van der Waals surface area contributed by atoms with Crippen LogP contribution in [0.4, 0.5) is 4.39 Å². The van der Waals surface area contributed by atoms with Gasteiger partial charge in [0, 0.05) is 4.88 Å². The summed E-state index contributed by atoms with van der Waals surface area (Å²) in [5.74, 6) is 5.38. The zero-order valence-corrected chi connectivity index (χ0v) is 12.3. The van der Waals surface area contributed by atoms with Crippen LogP contribution < -0.4 is 11.3 Å². The Labute approximate surface area is 118 Å². The summed E-state index contributed by atoms with van der Waals surface area (Å²) in [5.41, 5.74) is 4.91. The molecular weight excluding hydrogens is 315 g/mol. The van der Waals surface area contributed by atoms with E-state index in [-0.39, 0.29) is 11.9 Å². The lowest BCUT2D eigenvalue weighted by molar-refractivity contribution is 0.556. The van der Waals surface area contributed by atoms with Crippen molar-refractivity contribution in [3.05, 3.63) is 55.9 Å². The van der Waals surface area contributed by atoms with Crippen molar-refractivity contribution in [2.75, 3.05) is 0 Å². The normalized spacial score (nSPS) is 12.7. The van der Waals surface area contributed by atoms with Gasteiger partial charge in [0.15, 0.2) is 0 Å². The lowest BCUT2D eigenvalue weighted by Gasteiger charge is -2.14. The highest BCUT2D eigenvalue weighted by Crippen LogP contribution is 2.32.